The highest BCUT2D eigenvalue weighted by molar-refractivity contribution is 7.92. The average Bonchev–Trinajstić information content (AvgIpc) is 2.43. The number of amides is 2. The second kappa shape index (κ2) is 8.81. The summed E-state index contributed by atoms with van der Waals surface area (Å²) in [6.45, 7) is 1.27. The van der Waals surface area contributed by atoms with E-state index >= 15 is 0 Å². The Morgan fingerprint density at radius 3 is 2.28 bits per heavy atom. The van der Waals surface area contributed by atoms with Crippen molar-refractivity contribution in [3.63, 3.8) is 0 Å². The highest BCUT2D eigenvalue weighted by atomic mass is 32.2. The number of anilines is 2. The summed E-state index contributed by atoms with van der Waals surface area (Å²) in [5, 5.41) is 4.88. The van der Waals surface area contributed by atoms with Gasteiger partial charge in [0.2, 0.25) is 21.8 Å². The molecule has 0 unspecified atom stereocenters. The van der Waals surface area contributed by atoms with E-state index in [-0.39, 0.29) is 30.3 Å². The van der Waals surface area contributed by atoms with Crippen LogP contribution >= 0.6 is 0 Å². The van der Waals surface area contributed by atoms with Gasteiger partial charge in [0.1, 0.15) is 9.84 Å². The minimum Gasteiger partial charge on any atom is -0.355 e. The van der Waals surface area contributed by atoms with Gasteiger partial charge in [0.05, 0.1) is 17.2 Å². The number of hydrogen-bond donors (Lipinski definition) is 3. The Bertz CT molecular complexity index is 834. The van der Waals surface area contributed by atoms with Crippen molar-refractivity contribution >= 4 is 43.0 Å². The molecule has 2 amide bonds. The number of rotatable bonds is 9. The van der Waals surface area contributed by atoms with Crippen LogP contribution in [0.1, 0.15) is 13.3 Å². The Labute approximate surface area is 147 Å². The molecule has 0 aromatic heterocycles. The van der Waals surface area contributed by atoms with Crippen LogP contribution in [0.15, 0.2) is 24.3 Å². The van der Waals surface area contributed by atoms with Crippen molar-refractivity contribution < 1.29 is 26.4 Å². The van der Waals surface area contributed by atoms with Gasteiger partial charge in [-0.1, -0.05) is 6.07 Å². The van der Waals surface area contributed by atoms with Crippen LogP contribution in [0.3, 0.4) is 0 Å². The van der Waals surface area contributed by atoms with Gasteiger partial charge in [0.25, 0.3) is 0 Å². The fraction of sp³-hybridized carbons (Fsp3) is 0.429. The summed E-state index contributed by atoms with van der Waals surface area (Å²) >= 11 is 0. The van der Waals surface area contributed by atoms with Crippen LogP contribution in [0.2, 0.25) is 0 Å². The van der Waals surface area contributed by atoms with E-state index in [9.17, 15) is 26.4 Å². The van der Waals surface area contributed by atoms with Gasteiger partial charge < -0.3 is 10.6 Å². The average molecular weight is 391 g/mol. The minimum atomic E-state index is -3.77. The number of carbonyl (C=O) groups is 2. The Hall–Kier alpha value is -2.14. The highest BCUT2D eigenvalue weighted by Gasteiger charge is 2.14. The molecule has 9 nitrogen and oxygen atoms in total. The van der Waals surface area contributed by atoms with Crippen molar-refractivity contribution in [2.45, 2.75) is 13.3 Å². The predicted molar refractivity (Wildman–Crippen MR) is 95.5 cm³/mol. The number of benzene rings is 1. The lowest BCUT2D eigenvalue weighted by atomic mass is 10.3. The van der Waals surface area contributed by atoms with Crippen LogP contribution in [-0.2, 0) is 29.4 Å². The summed E-state index contributed by atoms with van der Waals surface area (Å²) in [5.41, 5.74) is 0.690. The largest absolute Gasteiger partial charge is 0.355 e. The minimum absolute atomic E-state index is 0.0656. The van der Waals surface area contributed by atoms with Crippen molar-refractivity contribution in [2.24, 2.45) is 0 Å². The standard InChI is InChI=1S/C14H21N3O6S2/c1-11(18)16-12-4-3-5-13(10-12)17-25(22,23)8-6-14(19)15-7-9-24(2,20)21/h3-5,10,17H,6-9H2,1-2H3,(H,15,19)(H,16,18). The van der Waals surface area contributed by atoms with Gasteiger partial charge in [-0.15, -0.1) is 0 Å². The van der Waals surface area contributed by atoms with Gasteiger partial charge in [0.15, 0.2) is 0 Å². The summed E-state index contributed by atoms with van der Waals surface area (Å²) in [5.74, 6) is -1.51. The summed E-state index contributed by atoms with van der Waals surface area (Å²) < 4.78 is 48.2. The van der Waals surface area contributed by atoms with Gasteiger partial charge in [0, 0.05) is 31.8 Å². The lowest BCUT2D eigenvalue weighted by Crippen LogP contribution is -2.31. The molecule has 0 radical (unpaired) electrons. The third-order valence-corrected chi connectivity index (χ3v) is 5.08. The Morgan fingerprint density at radius 2 is 1.68 bits per heavy atom. The molecular formula is C14H21N3O6S2. The van der Waals surface area contributed by atoms with Crippen molar-refractivity contribution in [3.8, 4) is 0 Å². The summed E-state index contributed by atoms with van der Waals surface area (Å²) in [4.78, 5) is 22.6. The zero-order valence-electron chi connectivity index (χ0n) is 13.9. The Morgan fingerprint density at radius 1 is 1.04 bits per heavy atom. The predicted octanol–water partition coefficient (Wildman–Crippen LogP) is -0.0624. The maximum absolute atomic E-state index is 12.0. The second-order valence-corrected chi connectivity index (χ2v) is 9.51. The Balaban J connectivity index is 2.53. The smallest absolute Gasteiger partial charge is 0.233 e. The van der Waals surface area contributed by atoms with Crippen LogP contribution in [0.25, 0.3) is 0 Å². The molecule has 3 N–H and O–H groups in total. The molecule has 25 heavy (non-hydrogen) atoms. The molecule has 0 atom stereocenters. The first-order chi connectivity index (χ1) is 11.5. The second-order valence-electron chi connectivity index (χ2n) is 5.41. The molecule has 0 heterocycles. The maximum atomic E-state index is 12.0. The summed E-state index contributed by atoms with van der Waals surface area (Å²) in [6, 6.07) is 6.13. The molecule has 0 aliphatic heterocycles. The van der Waals surface area contributed by atoms with Gasteiger partial charge in [-0.05, 0) is 18.2 Å². The maximum Gasteiger partial charge on any atom is 0.233 e. The van der Waals surface area contributed by atoms with E-state index in [1.165, 1.54) is 19.1 Å². The third kappa shape index (κ3) is 9.67. The van der Waals surface area contributed by atoms with Gasteiger partial charge in [-0.25, -0.2) is 16.8 Å². The van der Waals surface area contributed by atoms with E-state index in [2.05, 4.69) is 15.4 Å². The van der Waals surface area contributed by atoms with Crippen LogP contribution < -0.4 is 15.4 Å². The van der Waals surface area contributed by atoms with Crippen LogP contribution in [0.5, 0.6) is 0 Å². The van der Waals surface area contributed by atoms with Gasteiger partial charge in [-0.3, -0.25) is 14.3 Å². The number of carbonyl (C=O) groups excluding carboxylic acids is 2. The first-order valence-corrected chi connectivity index (χ1v) is 11.0. The van der Waals surface area contributed by atoms with Crippen LogP contribution in [0.4, 0.5) is 11.4 Å². The van der Waals surface area contributed by atoms with Crippen molar-refractivity contribution in [3.05, 3.63) is 24.3 Å². The molecule has 0 saturated heterocycles. The third-order valence-electron chi connectivity index (χ3n) is 2.85. The van der Waals surface area contributed by atoms with E-state index in [0.29, 0.717) is 5.69 Å². The number of nitrogens with one attached hydrogen (secondary N) is 3. The van der Waals surface area contributed by atoms with Crippen molar-refractivity contribution in [2.75, 3.05) is 34.3 Å². The monoisotopic (exact) mass is 391 g/mol. The van der Waals surface area contributed by atoms with Crippen molar-refractivity contribution in [1.82, 2.24) is 5.32 Å². The fourth-order valence-corrected chi connectivity index (χ4v) is 3.30. The summed E-state index contributed by atoms with van der Waals surface area (Å²) in [6.07, 6.45) is 0.743. The lowest BCUT2D eigenvalue weighted by Gasteiger charge is -2.10. The van der Waals surface area contributed by atoms with E-state index in [4.69, 9.17) is 0 Å². The molecule has 0 aliphatic rings. The van der Waals surface area contributed by atoms with E-state index in [1.54, 1.807) is 12.1 Å². The van der Waals surface area contributed by atoms with Crippen LogP contribution in [0, 0.1) is 0 Å². The Kier molecular flexibility index (Phi) is 7.37. The number of sulfone groups is 1. The quantitative estimate of drug-likeness (QED) is 0.539. The molecule has 0 bridgehead atoms. The molecule has 0 aliphatic carbocycles. The molecular weight excluding hydrogens is 370 g/mol. The van der Waals surface area contributed by atoms with Crippen LogP contribution in [-0.4, -0.2) is 53.0 Å². The fourth-order valence-electron chi connectivity index (χ4n) is 1.79. The SMILES string of the molecule is CC(=O)Nc1cccc(NS(=O)(=O)CCC(=O)NCCS(C)(=O)=O)c1. The normalized spacial score (nSPS) is 11.6. The van der Waals surface area contributed by atoms with Gasteiger partial charge >= 0.3 is 0 Å². The first-order valence-electron chi connectivity index (χ1n) is 7.29. The van der Waals surface area contributed by atoms with E-state index < -0.39 is 31.5 Å². The molecule has 1 aromatic rings. The zero-order chi connectivity index (χ0) is 19.1. The zero-order valence-corrected chi connectivity index (χ0v) is 15.5. The number of hydrogen-bond acceptors (Lipinski definition) is 6. The highest BCUT2D eigenvalue weighted by Crippen LogP contribution is 2.16. The molecule has 0 fully saturated rings. The van der Waals surface area contributed by atoms with Gasteiger partial charge in [-0.2, -0.15) is 0 Å². The molecule has 1 aromatic carbocycles. The van der Waals surface area contributed by atoms with E-state index in [1.807, 2.05) is 0 Å². The first kappa shape index (κ1) is 20.9. The molecule has 140 valence electrons. The lowest BCUT2D eigenvalue weighted by molar-refractivity contribution is -0.120. The topological polar surface area (TPSA) is 139 Å². The molecule has 11 heteroatoms. The van der Waals surface area contributed by atoms with Crippen molar-refractivity contribution in [1.29, 1.82) is 0 Å². The molecule has 0 spiro atoms. The molecule has 0 saturated carbocycles. The van der Waals surface area contributed by atoms with E-state index in [0.717, 1.165) is 6.26 Å². The molecule has 1 rings (SSSR count). The summed E-state index contributed by atoms with van der Waals surface area (Å²) in [7, 11) is -6.96. The number of sulfonamides is 1.